The van der Waals surface area contributed by atoms with Crippen molar-refractivity contribution in [2.45, 2.75) is 238 Å². The zero-order valence-electron chi connectivity index (χ0n) is 40.1. The molecule has 2 aromatic rings. The van der Waals surface area contributed by atoms with Crippen LogP contribution in [-0.2, 0) is 4.43 Å². The molecule has 336 valence electrons. The second kappa shape index (κ2) is 35.6. The number of benzene rings is 2. The van der Waals surface area contributed by atoms with Gasteiger partial charge in [-0.15, -0.1) is 0 Å². The molecule has 0 saturated heterocycles. The molecule has 0 fully saturated rings. The Morgan fingerprint density at radius 3 is 1.32 bits per heavy atom. The van der Waals surface area contributed by atoms with Crippen molar-refractivity contribution in [2.24, 2.45) is 0 Å². The van der Waals surface area contributed by atoms with Crippen molar-refractivity contribution in [1.82, 2.24) is 4.90 Å². The van der Waals surface area contributed by atoms with Crippen LogP contribution in [0.4, 0.5) is 0 Å². The summed E-state index contributed by atoms with van der Waals surface area (Å²) in [4.78, 5) is 2.73. The van der Waals surface area contributed by atoms with Crippen LogP contribution in [-0.4, -0.2) is 39.5 Å². The summed E-state index contributed by atoms with van der Waals surface area (Å²) in [5, 5.41) is 2.81. The zero-order valence-corrected chi connectivity index (χ0v) is 41.1. The van der Waals surface area contributed by atoms with Gasteiger partial charge in [0.2, 0.25) is 0 Å². The van der Waals surface area contributed by atoms with Crippen molar-refractivity contribution in [1.29, 1.82) is 0 Å². The van der Waals surface area contributed by atoms with Gasteiger partial charge < -0.3 is 9.33 Å². The van der Waals surface area contributed by atoms with Crippen molar-refractivity contribution in [3.63, 3.8) is 0 Å². The minimum absolute atomic E-state index is 0.0347. The summed E-state index contributed by atoms with van der Waals surface area (Å²) in [7, 11) is -0.0392. The topological polar surface area (TPSA) is 12.5 Å². The number of rotatable bonds is 39. The maximum Gasteiger partial charge on any atom is 0.261 e. The normalized spacial score (nSPS) is 13.1. The molecule has 59 heavy (non-hydrogen) atoms. The lowest BCUT2D eigenvalue weighted by molar-refractivity contribution is 0.198. The van der Waals surface area contributed by atoms with Crippen LogP contribution in [0.2, 0.25) is 5.04 Å². The van der Waals surface area contributed by atoms with Crippen molar-refractivity contribution < 1.29 is 4.43 Å². The van der Waals surface area contributed by atoms with Gasteiger partial charge in [-0.25, -0.2) is 0 Å². The molecule has 1 unspecified atom stereocenters. The Bertz CT molecular complexity index is 1210. The summed E-state index contributed by atoms with van der Waals surface area (Å²) >= 11 is 0. The monoisotopic (exact) mass is 828 g/mol. The third-order valence-electron chi connectivity index (χ3n) is 12.9. The molecule has 0 aliphatic heterocycles. The van der Waals surface area contributed by atoms with E-state index in [1.807, 2.05) is 0 Å². The Kier molecular flexibility index (Phi) is 32.1. The van der Waals surface area contributed by atoms with Gasteiger partial charge in [-0.1, -0.05) is 254 Å². The second-order valence-corrected chi connectivity index (χ2v) is 23.4. The highest BCUT2D eigenvalue weighted by molar-refractivity contribution is 6.99. The highest BCUT2D eigenvalue weighted by Gasteiger charge is 2.49. The predicted octanol–water partition coefficient (Wildman–Crippen LogP) is 16.7. The minimum Gasteiger partial charge on any atom is -0.407 e. The number of nitrogens with zero attached hydrogens (tertiary/aromatic N) is 1. The summed E-state index contributed by atoms with van der Waals surface area (Å²) < 4.78 is 7.24. The Balaban J connectivity index is 1.78. The van der Waals surface area contributed by atoms with Crippen molar-refractivity contribution >= 4 is 18.7 Å². The molecule has 2 nitrogen and oxygen atoms in total. The molecule has 0 aliphatic carbocycles. The number of unbranched alkanes of at least 4 members (excludes halogenated alkanes) is 23. The minimum atomic E-state index is -2.46. The predicted molar refractivity (Wildman–Crippen MR) is 268 cm³/mol. The molecule has 0 heterocycles. The summed E-state index contributed by atoms with van der Waals surface area (Å²) in [6.45, 7) is 13.8. The molecular weight excluding hydrogens is 731 g/mol. The molecule has 0 radical (unpaired) electrons. The molecule has 0 bridgehead atoms. The average molecular weight is 828 g/mol. The first-order chi connectivity index (χ1) is 28.9. The Morgan fingerprint density at radius 1 is 0.492 bits per heavy atom. The standard InChI is InChI=1S/C56H97NOSi/c1-7-9-11-13-15-17-19-21-23-24-26-28-30-32-34-38-46-53(45-37-33-31-29-27-25-22-20-18-16-14-12-10-8-2)57(6)51-43-44-52-58-59(56(3,4)5,54-47-39-35-40-48-54)55-49-41-36-42-50-55/h15,17,21,23,35-36,39-42,47-50,53H,7-14,16,18-20,22,24-34,37-38,43-46,51-52H2,1-6H3/b17-15-,23-21-. The van der Waals surface area contributed by atoms with E-state index in [4.69, 9.17) is 4.43 Å². The van der Waals surface area contributed by atoms with Crippen molar-refractivity contribution in [2.75, 3.05) is 20.2 Å². The first-order valence-electron chi connectivity index (χ1n) is 25.6. The van der Waals surface area contributed by atoms with Crippen LogP contribution in [0.1, 0.15) is 227 Å². The molecule has 0 N–H and O–H groups in total. The molecule has 2 aromatic carbocycles. The number of allylic oxidation sites excluding steroid dienone is 4. The lowest BCUT2D eigenvalue weighted by Gasteiger charge is -2.43. The van der Waals surface area contributed by atoms with Crippen molar-refractivity contribution in [3.8, 4) is 0 Å². The van der Waals surface area contributed by atoms with E-state index < -0.39 is 8.32 Å². The lowest BCUT2D eigenvalue weighted by Crippen LogP contribution is -2.66. The SMILES string of the molecule is CCCCC/C=C\C/C=C\CCCCCCCCC(CCCCCCCCCCCCCCCC)N(C)CCCCO[Si](c1ccccc1)(c1ccccc1)C(C)(C)C. The Labute approximate surface area is 370 Å². The van der Waals surface area contributed by atoms with Gasteiger partial charge in [0.15, 0.2) is 0 Å². The molecule has 1 atom stereocenters. The van der Waals surface area contributed by atoms with Gasteiger partial charge in [0.25, 0.3) is 8.32 Å². The van der Waals surface area contributed by atoms with Gasteiger partial charge in [-0.2, -0.15) is 0 Å². The number of hydrogen-bond acceptors (Lipinski definition) is 2. The van der Waals surface area contributed by atoms with Gasteiger partial charge in [0.05, 0.1) is 0 Å². The van der Waals surface area contributed by atoms with Crippen LogP contribution < -0.4 is 10.4 Å². The molecule has 0 spiro atoms. The van der Waals surface area contributed by atoms with Crippen LogP contribution in [0.5, 0.6) is 0 Å². The third kappa shape index (κ3) is 24.3. The summed E-state index contributed by atoms with van der Waals surface area (Å²) in [5.41, 5.74) is 0. The summed E-state index contributed by atoms with van der Waals surface area (Å²) in [5.74, 6) is 0. The summed E-state index contributed by atoms with van der Waals surface area (Å²) in [6, 6.07) is 23.0. The largest absolute Gasteiger partial charge is 0.407 e. The maximum atomic E-state index is 7.24. The Morgan fingerprint density at radius 2 is 0.881 bits per heavy atom. The first kappa shape index (κ1) is 53.2. The van der Waals surface area contributed by atoms with E-state index in [-0.39, 0.29) is 5.04 Å². The fourth-order valence-corrected chi connectivity index (χ4v) is 13.8. The van der Waals surface area contributed by atoms with E-state index in [1.54, 1.807) is 0 Å². The molecular formula is C56H97NOSi. The average Bonchev–Trinajstić information content (AvgIpc) is 3.24. The van der Waals surface area contributed by atoms with Crippen molar-refractivity contribution in [3.05, 3.63) is 85.0 Å². The maximum absolute atomic E-state index is 7.24. The fourth-order valence-electron chi connectivity index (χ4n) is 9.16. The molecule has 3 heteroatoms. The van der Waals surface area contributed by atoms with E-state index in [9.17, 15) is 0 Å². The van der Waals surface area contributed by atoms with Crippen LogP contribution in [0.3, 0.4) is 0 Å². The van der Waals surface area contributed by atoms with Gasteiger partial charge in [0.1, 0.15) is 0 Å². The number of hydrogen-bond donors (Lipinski definition) is 0. The molecule has 0 amide bonds. The quantitative estimate of drug-likeness (QED) is 0.0378. The lowest BCUT2D eigenvalue weighted by atomic mass is 9.98. The van der Waals surface area contributed by atoms with E-state index in [2.05, 4.69) is 132 Å². The van der Waals surface area contributed by atoms with Gasteiger partial charge in [0, 0.05) is 12.6 Å². The van der Waals surface area contributed by atoms with Crippen LogP contribution in [0.25, 0.3) is 0 Å². The third-order valence-corrected chi connectivity index (χ3v) is 17.9. The van der Waals surface area contributed by atoms with Crippen LogP contribution >= 0.6 is 0 Å². The van der Waals surface area contributed by atoms with Crippen LogP contribution in [0, 0.1) is 0 Å². The molecule has 2 rings (SSSR count). The highest BCUT2D eigenvalue weighted by Crippen LogP contribution is 2.37. The van der Waals surface area contributed by atoms with E-state index >= 15 is 0 Å². The first-order valence-corrected chi connectivity index (χ1v) is 27.5. The van der Waals surface area contributed by atoms with E-state index in [1.165, 1.54) is 197 Å². The highest BCUT2D eigenvalue weighted by atomic mass is 28.4. The Hall–Kier alpha value is -1.94. The molecule has 0 aromatic heterocycles. The van der Waals surface area contributed by atoms with E-state index in [0.29, 0.717) is 0 Å². The molecule has 0 saturated carbocycles. The zero-order chi connectivity index (χ0) is 42.5. The fraction of sp³-hybridized carbons (Fsp3) is 0.714. The van der Waals surface area contributed by atoms with Gasteiger partial charge in [-0.3, -0.25) is 0 Å². The molecule has 0 aliphatic rings. The second-order valence-electron chi connectivity index (χ2n) is 19.1. The van der Waals surface area contributed by atoms with Crippen LogP contribution in [0.15, 0.2) is 85.0 Å². The van der Waals surface area contributed by atoms with Gasteiger partial charge in [-0.05, 0) is 86.8 Å². The summed E-state index contributed by atoms with van der Waals surface area (Å²) in [6.07, 6.45) is 50.6. The smallest absolute Gasteiger partial charge is 0.261 e. The van der Waals surface area contributed by atoms with E-state index in [0.717, 1.165) is 25.5 Å². The van der Waals surface area contributed by atoms with Gasteiger partial charge >= 0.3 is 0 Å².